The van der Waals surface area contributed by atoms with Crippen molar-refractivity contribution in [3.8, 4) is 39.1 Å². The average molecular weight is 800 g/mol. The summed E-state index contributed by atoms with van der Waals surface area (Å²) in [6.07, 6.45) is 0. The Labute approximate surface area is 356 Å². The molecule has 2 unspecified atom stereocenters. The van der Waals surface area contributed by atoms with Crippen molar-refractivity contribution in [1.82, 2.24) is 4.57 Å². The molecule has 0 N–H and O–H groups in total. The van der Waals surface area contributed by atoms with E-state index in [2.05, 4.69) is 206 Å². The SMILES string of the molecule is CC1c2cccc(-c3ccc4c5ccccc5n(-c5ccccc5)c4c3)c2-c2ccccc2C1c1cc(-c2ccc3sc4ccccc4c3c2)c2sc3ccccc3c2c1. The van der Waals surface area contributed by atoms with E-state index in [9.17, 15) is 0 Å². The molecule has 12 aromatic rings. The molecule has 9 aromatic carbocycles. The number of nitrogens with zero attached hydrogens (tertiary/aromatic N) is 1. The Hall–Kier alpha value is -6.78. The van der Waals surface area contributed by atoms with Gasteiger partial charge in [0.25, 0.3) is 0 Å². The fraction of sp³-hybridized carbons (Fsp3) is 0.0526. The maximum Gasteiger partial charge on any atom is 0.0547 e. The molecule has 13 rings (SSSR count). The van der Waals surface area contributed by atoms with Crippen LogP contribution in [0.2, 0.25) is 0 Å². The van der Waals surface area contributed by atoms with Gasteiger partial charge in [0, 0.05) is 62.7 Å². The van der Waals surface area contributed by atoms with E-state index in [1.54, 1.807) is 0 Å². The van der Waals surface area contributed by atoms with Gasteiger partial charge >= 0.3 is 0 Å². The highest BCUT2D eigenvalue weighted by Crippen LogP contribution is 2.54. The van der Waals surface area contributed by atoms with Crippen LogP contribution in [0.5, 0.6) is 0 Å². The van der Waals surface area contributed by atoms with Crippen molar-refractivity contribution in [2.24, 2.45) is 0 Å². The molecule has 0 spiro atoms. The summed E-state index contributed by atoms with van der Waals surface area (Å²) in [7, 11) is 0. The first-order valence-electron chi connectivity index (χ1n) is 20.9. The molecular weight excluding hydrogens is 763 g/mol. The Balaban J connectivity index is 1.01. The third kappa shape index (κ3) is 4.97. The standard InChI is InChI=1S/C57H37NS2/c1-34-39-21-13-22-40(36-26-28-42-41-16-7-10-23-50(41)58(51(42)33-36)38-14-3-2-4-15-38)56(39)46-20-6-5-19-45(46)55(34)37-31-47(57-49(32-37)44-18-9-12-25-53(44)60-57)35-27-29-54-48(30-35)43-17-8-11-24-52(43)59-54/h2-34,55H,1H3. The average Bonchev–Trinajstić information content (AvgIpc) is 3.98. The van der Waals surface area contributed by atoms with Crippen LogP contribution in [0.1, 0.15) is 35.4 Å². The molecule has 1 aliphatic rings. The zero-order valence-electron chi connectivity index (χ0n) is 32.9. The van der Waals surface area contributed by atoms with Gasteiger partial charge in [0.2, 0.25) is 0 Å². The molecule has 3 heteroatoms. The van der Waals surface area contributed by atoms with Crippen molar-refractivity contribution in [1.29, 1.82) is 0 Å². The van der Waals surface area contributed by atoms with Crippen LogP contribution in [0.15, 0.2) is 194 Å². The molecule has 0 aliphatic heterocycles. The molecule has 1 nitrogen and oxygen atoms in total. The molecule has 0 saturated carbocycles. The minimum Gasteiger partial charge on any atom is -0.309 e. The second kappa shape index (κ2) is 13.1. The van der Waals surface area contributed by atoms with Gasteiger partial charge in [-0.3, -0.25) is 0 Å². The van der Waals surface area contributed by atoms with Crippen molar-refractivity contribution >= 4 is 84.8 Å². The smallest absolute Gasteiger partial charge is 0.0547 e. The lowest BCUT2D eigenvalue weighted by Gasteiger charge is -2.35. The largest absolute Gasteiger partial charge is 0.309 e. The van der Waals surface area contributed by atoms with Crippen molar-refractivity contribution in [2.75, 3.05) is 0 Å². The number of hydrogen-bond acceptors (Lipinski definition) is 2. The number of rotatable bonds is 4. The molecule has 0 saturated heterocycles. The zero-order chi connectivity index (χ0) is 39.5. The van der Waals surface area contributed by atoms with Crippen LogP contribution in [0.4, 0.5) is 0 Å². The minimum atomic E-state index is 0.180. The Kier molecular flexibility index (Phi) is 7.46. The third-order valence-electron chi connectivity index (χ3n) is 13.2. The molecule has 0 bridgehead atoms. The molecule has 0 amide bonds. The van der Waals surface area contributed by atoms with Gasteiger partial charge < -0.3 is 4.57 Å². The van der Waals surface area contributed by atoms with E-state index >= 15 is 0 Å². The maximum absolute atomic E-state index is 2.54. The Morgan fingerprint density at radius 2 is 1.03 bits per heavy atom. The topological polar surface area (TPSA) is 4.93 Å². The second-order valence-electron chi connectivity index (χ2n) is 16.4. The van der Waals surface area contributed by atoms with Crippen molar-refractivity contribution in [3.05, 3.63) is 211 Å². The fourth-order valence-electron chi connectivity index (χ4n) is 10.5. The summed E-state index contributed by atoms with van der Waals surface area (Å²) in [5, 5.41) is 7.92. The number of aromatic nitrogens is 1. The van der Waals surface area contributed by atoms with Crippen LogP contribution in [0.3, 0.4) is 0 Å². The zero-order valence-corrected chi connectivity index (χ0v) is 34.5. The predicted octanol–water partition coefficient (Wildman–Crippen LogP) is 16.8. The van der Waals surface area contributed by atoms with Crippen LogP contribution >= 0.6 is 22.7 Å². The van der Waals surface area contributed by atoms with Gasteiger partial charge in [-0.2, -0.15) is 0 Å². The van der Waals surface area contributed by atoms with Crippen LogP contribution < -0.4 is 0 Å². The molecule has 0 radical (unpaired) electrons. The summed E-state index contributed by atoms with van der Waals surface area (Å²) in [6.45, 7) is 2.46. The highest BCUT2D eigenvalue weighted by atomic mass is 32.1. The minimum absolute atomic E-state index is 0.180. The number of hydrogen-bond donors (Lipinski definition) is 0. The van der Waals surface area contributed by atoms with Gasteiger partial charge in [-0.1, -0.05) is 140 Å². The number of thiophene rings is 2. The first-order chi connectivity index (χ1) is 29.7. The summed E-state index contributed by atoms with van der Waals surface area (Å²) in [4.78, 5) is 0. The molecule has 2 atom stereocenters. The molecule has 3 heterocycles. The van der Waals surface area contributed by atoms with Crippen LogP contribution in [-0.2, 0) is 0 Å². The van der Waals surface area contributed by atoms with Crippen molar-refractivity contribution < 1.29 is 0 Å². The quantitative estimate of drug-likeness (QED) is 0.167. The first-order valence-corrected chi connectivity index (χ1v) is 22.5. The number of benzene rings is 9. The summed E-state index contributed by atoms with van der Waals surface area (Å²) < 4.78 is 7.81. The number of para-hydroxylation sites is 2. The van der Waals surface area contributed by atoms with Gasteiger partial charge in [-0.05, 0) is 117 Å². The summed E-state index contributed by atoms with van der Waals surface area (Å²) in [5.74, 6) is 0.424. The summed E-state index contributed by atoms with van der Waals surface area (Å²) >= 11 is 3.81. The fourth-order valence-corrected chi connectivity index (χ4v) is 12.8. The van der Waals surface area contributed by atoms with E-state index in [0.717, 1.165) is 0 Å². The predicted molar refractivity (Wildman–Crippen MR) is 260 cm³/mol. The lowest BCUT2D eigenvalue weighted by molar-refractivity contribution is 0.650. The number of fused-ring (bicyclic) bond motifs is 12. The molecule has 60 heavy (non-hydrogen) atoms. The summed E-state index contributed by atoms with van der Waals surface area (Å²) in [5.41, 5.74) is 15.6. The van der Waals surface area contributed by atoms with Gasteiger partial charge in [0.1, 0.15) is 0 Å². The van der Waals surface area contributed by atoms with E-state index in [0.29, 0.717) is 0 Å². The van der Waals surface area contributed by atoms with E-state index in [1.807, 2.05) is 22.7 Å². The van der Waals surface area contributed by atoms with Gasteiger partial charge in [-0.25, -0.2) is 0 Å². The first kappa shape index (κ1) is 34.1. The lowest BCUT2D eigenvalue weighted by Crippen LogP contribution is -2.17. The monoisotopic (exact) mass is 799 g/mol. The summed E-state index contributed by atoms with van der Waals surface area (Å²) in [6, 6.07) is 72.9. The molecule has 3 aromatic heterocycles. The Morgan fingerprint density at radius 1 is 0.400 bits per heavy atom. The van der Waals surface area contributed by atoms with Crippen LogP contribution in [-0.4, -0.2) is 4.57 Å². The van der Waals surface area contributed by atoms with Gasteiger partial charge in [0.05, 0.1) is 11.0 Å². The van der Waals surface area contributed by atoms with E-state index in [4.69, 9.17) is 0 Å². The third-order valence-corrected chi connectivity index (χ3v) is 15.6. The van der Waals surface area contributed by atoms with E-state index in [1.165, 1.54) is 118 Å². The van der Waals surface area contributed by atoms with Gasteiger partial charge in [-0.15, -0.1) is 22.7 Å². The van der Waals surface area contributed by atoms with Crippen molar-refractivity contribution in [3.63, 3.8) is 0 Å². The van der Waals surface area contributed by atoms with Crippen molar-refractivity contribution in [2.45, 2.75) is 18.8 Å². The highest BCUT2D eigenvalue weighted by molar-refractivity contribution is 7.26. The normalized spacial score (nSPS) is 15.1. The molecule has 1 aliphatic carbocycles. The highest BCUT2D eigenvalue weighted by Gasteiger charge is 2.34. The van der Waals surface area contributed by atoms with E-state index < -0.39 is 0 Å². The second-order valence-corrected chi connectivity index (χ2v) is 18.5. The van der Waals surface area contributed by atoms with Crippen LogP contribution in [0, 0.1) is 0 Å². The lowest BCUT2D eigenvalue weighted by atomic mass is 9.68. The van der Waals surface area contributed by atoms with Crippen LogP contribution in [0.25, 0.3) is 101 Å². The Bertz CT molecular complexity index is 3690. The molecule has 0 fully saturated rings. The maximum atomic E-state index is 2.54. The van der Waals surface area contributed by atoms with Gasteiger partial charge in [0.15, 0.2) is 0 Å². The van der Waals surface area contributed by atoms with E-state index in [-0.39, 0.29) is 11.8 Å². The molecular formula is C57H37NS2. The Morgan fingerprint density at radius 3 is 1.90 bits per heavy atom. The molecule has 282 valence electrons.